The summed E-state index contributed by atoms with van der Waals surface area (Å²) in [7, 11) is 0. The van der Waals surface area contributed by atoms with E-state index >= 15 is 0 Å². The van der Waals surface area contributed by atoms with Gasteiger partial charge in [-0.2, -0.15) is 8.78 Å². The highest BCUT2D eigenvalue weighted by atomic mass is 79.9. The molecule has 1 N–H and O–H groups in total. The number of alkyl halides is 3. The van der Waals surface area contributed by atoms with Gasteiger partial charge in [-0.05, 0) is 40.8 Å². The lowest BCUT2D eigenvalue weighted by molar-refractivity contribution is -0.0920. The molecule has 0 radical (unpaired) electrons. The predicted molar refractivity (Wildman–Crippen MR) is 46.4 cm³/mol. The molecule has 0 aliphatic heterocycles. The van der Waals surface area contributed by atoms with E-state index in [0.717, 1.165) is 0 Å². The summed E-state index contributed by atoms with van der Waals surface area (Å²) in [5, 5.41) is 9.44. The van der Waals surface area contributed by atoms with E-state index in [4.69, 9.17) is 0 Å². The van der Waals surface area contributed by atoms with Crippen LogP contribution in [0.5, 0.6) is 0 Å². The highest BCUT2D eigenvalue weighted by molar-refractivity contribution is 9.10. The van der Waals surface area contributed by atoms with E-state index in [1.807, 2.05) is 6.92 Å². The third kappa shape index (κ3) is 1.85. The second-order valence-corrected chi connectivity index (χ2v) is 4.29. The Bertz CT molecular complexity index is 200. The van der Waals surface area contributed by atoms with Crippen LogP contribution in [0.25, 0.3) is 0 Å². The van der Waals surface area contributed by atoms with Crippen molar-refractivity contribution in [2.45, 2.75) is 30.2 Å². The van der Waals surface area contributed by atoms with Crippen molar-refractivity contribution in [2.75, 3.05) is 0 Å². The molecule has 0 spiro atoms. The van der Waals surface area contributed by atoms with Crippen LogP contribution in [0, 0.1) is 5.92 Å². The van der Waals surface area contributed by atoms with Crippen LogP contribution >= 0.6 is 15.9 Å². The average molecular weight is 241 g/mol. The number of allylic oxidation sites excluding steroid dienone is 1. The fraction of sp³-hybridized carbons (Fsp3) is 0.750. The Hall–Kier alpha value is 0.0400. The van der Waals surface area contributed by atoms with Gasteiger partial charge in [-0.3, -0.25) is 0 Å². The first-order chi connectivity index (χ1) is 5.35. The van der Waals surface area contributed by atoms with Crippen molar-refractivity contribution in [3.63, 3.8) is 0 Å². The molecular weight excluding hydrogens is 230 g/mol. The first-order valence-corrected chi connectivity index (χ1v) is 4.63. The zero-order valence-corrected chi connectivity index (χ0v) is 8.31. The van der Waals surface area contributed by atoms with Crippen LogP contribution in [0.15, 0.2) is 12.2 Å². The minimum atomic E-state index is -3.23. The van der Waals surface area contributed by atoms with Gasteiger partial charge in [0, 0.05) is 0 Å². The average Bonchev–Trinajstić information content (AvgIpc) is 1.93. The van der Waals surface area contributed by atoms with E-state index < -0.39 is 10.4 Å². The monoisotopic (exact) mass is 240 g/mol. The smallest absolute Gasteiger partial charge is 0.332 e. The van der Waals surface area contributed by atoms with Gasteiger partial charge in [0.15, 0.2) is 5.60 Å². The number of rotatable bonds is 1. The fourth-order valence-corrected chi connectivity index (χ4v) is 1.52. The molecule has 2 atom stereocenters. The molecule has 0 saturated heterocycles. The van der Waals surface area contributed by atoms with Crippen LogP contribution in [-0.4, -0.2) is 15.5 Å². The summed E-state index contributed by atoms with van der Waals surface area (Å²) in [5.41, 5.74) is -2.00. The van der Waals surface area contributed by atoms with Crippen molar-refractivity contribution in [1.82, 2.24) is 0 Å². The minimum Gasteiger partial charge on any atom is -0.378 e. The lowest BCUT2D eigenvalue weighted by Gasteiger charge is -2.33. The maximum absolute atomic E-state index is 12.7. The van der Waals surface area contributed by atoms with E-state index in [-0.39, 0.29) is 12.3 Å². The van der Waals surface area contributed by atoms with E-state index in [9.17, 15) is 13.9 Å². The quantitative estimate of drug-likeness (QED) is 0.552. The molecule has 1 rings (SSSR count). The van der Waals surface area contributed by atoms with Crippen LogP contribution in [0.3, 0.4) is 0 Å². The van der Waals surface area contributed by atoms with Crippen LogP contribution in [0.2, 0.25) is 0 Å². The van der Waals surface area contributed by atoms with Crippen molar-refractivity contribution < 1.29 is 13.9 Å². The summed E-state index contributed by atoms with van der Waals surface area (Å²) in [5.74, 6) is 0.278. The van der Waals surface area contributed by atoms with Gasteiger partial charge in [0.1, 0.15) is 0 Å². The molecular formula is C8H11BrF2O. The molecule has 0 fully saturated rings. The van der Waals surface area contributed by atoms with Crippen LogP contribution in [0.4, 0.5) is 8.78 Å². The van der Waals surface area contributed by atoms with E-state index in [2.05, 4.69) is 15.9 Å². The largest absolute Gasteiger partial charge is 0.378 e. The number of hydrogen-bond donors (Lipinski definition) is 1. The molecule has 0 heterocycles. The predicted octanol–water partition coefficient (Wildman–Crippen LogP) is 2.69. The molecule has 0 saturated carbocycles. The lowest BCUT2D eigenvalue weighted by Crippen LogP contribution is -2.43. The molecule has 70 valence electrons. The van der Waals surface area contributed by atoms with Gasteiger partial charge in [0.05, 0.1) is 0 Å². The third-order valence-electron chi connectivity index (χ3n) is 2.17. The van der Waals surface area contributed by atoms with Crippen molar-refractivity contribution >= 4 is 15.9 Å². The van der Waals surface area contributed by atoms with E-state index in [1.165, 1.54) is 6.08 Å². The Kier molecular flexibility index (Phi) is 2.59. The molecule has 0 aromatic heterocycles. The number of hydrogen-bond acceptors (Lipinski definition) is 1. The Morgan fingerprint density at radius 3 is 2.58 bits per heavy atom. The lowest BCUT2D eigenvalue weighted by atomic mass is 9.86. The molecule has 1 nitrogen and oxygen atoms in total. The van der Waals surface area contributed by atoms with Gasteiger partial charge in [0.2, 0.25) is 0 Å². The molecule has 4 heteroatoms. The zero-order valence-electron chi connectivity index (χ0n) is 6.73. The van der Waals surface area contributed by atoms with Crippen molar-refractivity contribution in [3.05, 3.63) is 12.2 Å². The molecule has 0 aromatic carbocycles. The summed E-state index contributed by atoms with van der Waals surface area (Å²) in [6, 6.07) is 0. The first-order valence-electron chi connectivity index (χ1n) is 3.84. The highest BCUT2D eigenvalue weighted by Gasteiger charge is 2.49. The summed E-state index contributed by atoms with van der Waals surface area (Å²) in [6.45, 7) is 1.93. The van der Waals surface area contributed by atoms with Gasteiger partial charge in [-0.15, -0.1) is 0 Å². The van der Waals surface area contributed by atoms with Gasteiger partial charge in [-0.1, -0.05) is 13.0 Å². The Balaban J connectivity index is 2.81. The Morgan fingerprint density at radius 2 is 2.25 bits per heavy atom. The molecule has 0 bridgehead atoms. The second kappa shape index (κ2) is 3.07. The topological polar surface area (TPSA) is 20.2 Å². The van der Waals surface area contributed by atoms with Gasteiger partial charge in [0.25, 0.3) is 0 Å². The maximum Gasteiger partial charge on any atom is 0.332 e. The summed E-state index contributed by atoms with van der Waals surface area (Å²) < 4.78 is 25.5. The number of aliphatic hydroxyl groups is 1. The second-order valence-electron chi connectivity index (χ2n) is 3.30. The Morgan fingerprint density at radius 1 is 1.67 bits per heavy atom. The molecule has 0 amide bonds. The molecule has 1 aliphatic carbocycles. The zero-order chi connectivity index (χ0) is 9.41. The third-order valence-corrected chi connectivity index (χ3v) is 2.86. The summed E-state index contributed by atoms with van der Waals surface area (Å²) >= 11 is 2.18. The van der Waals surface area contributed by atoms with E-state index in [1.54, 1.807) is 6.08 Å². The van der Waals surface area contributed by atoms with Crippen LogP contribution in [0.1, 0.15) is 19.8 Å². The minimum absolute atomic E-state index is 0.100. The molecule has 12 heavy (non-hydrogen) atoms. The van der Waals surface area contributed by atoms with E-state index in [0.29, 0.717) is 6.42 Å². The first kappa shape index (κ1) is 10.1. The van der Waals surface area contributed by atoms with Crippen LogP contribution in [-0.2, 0) is 0 Å². The highest BCUT2D eigenvalue weighted by Crippen LogP contribution is 2.42. The van der Waals surface area contributed by atoms with Gasteiger partial charge >= 0.3 is 4.83 Å². The fourth-order valence-electron chi connectivity index (χ4n) is 1.19. The maximum atomic E-state index is 12.7. The van der Waals surface area contributed by atoms with Crippen molar-refractivity contribution in [2.24, 2.45) is 5.92 Å². The summed E-state index contributed by atoms with van der Waals surface area (Å²) in [4.78, 5) is -3.23. The van der Waals surface area contributed by atoms with Crippen LogP contribution < -0.4 is 0 Å². The molecule has 0 aromatic rings. The molecule has 2 unspecified atom stereocenters. The standard InChI is InChI=1S/C8H11BrF2O/c1-6-2-4-7(12,5-3-6)8(9,10)11/h2,4,6,12H,3,5H2,1H3. The SMILES string of the molecule is CC1C=CC(O)(C(F)(F)Br)CC1. The van der Waals surface area contributed by atoms with Crippen molar-refractivity contribution in [3.8, 4) is 0 Å². The van der Waals surface area contributed by atoms with Gasteiger partial charge in [-0.25, -0.2) is 0 Å². The number of halogens is 3. The van der Waals surface area contributed by atoms with Crippen molar-refractivity contribution in [1.29, 1.82) is 0 Å². The summed E-state index contributed by atoms with van der Waals surface area (Å²) in [6.07, 6.45) is 3.51. The normalized spacial score (nSPS) is 36.9. The molecule has 1 aliphatic rings. The Labute approximate surface area is 78.6 Å². The van der Waals surface area contributed by atoms with Gasteiger partial charge < -0.3 is 5.11 Å².